The lowest BCUT2D eigenvalue weighted by Gasteiger charge is -2.14. The molecule has 1 unspecified atom stereocenters. The van der Waals surface area contributed by atoms with Gasteiger partial charge in [0.15, 0.2) is 5.69 Å². The first-order chi connectivity index (χ1) is 19.6. The highest BCUT2D eigenvalue weighted by Gasteiger charge is 2.41. The van der Waals surface area contributed by atoms with Gasteiger partial charge in [-0.05, 0) is 74.1 Å². The summed E-state index contributed by atoms with van der Waals surface area (Å²) < 4.78 is 78.5. The second-order valence-corrected chi connectivity index (χ2v) is 9.18. The number of alkyl halides is 6. The number of hydrogen-bond donors (Lipinski definition) is 3. The fourth-order valence-corrected chi connectivity index (χ4v) is 4.23. The Balaban J connectivity index is 0.000000616. The van der Waals surface area contributed by atoms with Crippen LogP contribution >= 0.6 is 0 Å². The number of nitrogens with two attached hydrogens (primary N) is 1. The molecule has 4 rings (SSSR count). The van der Waals surface area contributed by atoms with Gasteiger partial charge in [0, 0.05) is 17.3 Å². The molecular weight excluding hydrogens is 574 g/mol. The van der Waals surface area contributed by atoms with Gasteiger partial charge in [0.05, 0.1) is 18.5 Å². The Bertz CT molecular complexity index is 1450. The number of nitrogens with one attached hydrogen (secondary N) is 1. The Hall–Kier alpha value is -4.40. The van der Waals surface area contributed by atoms with Crippen LogP contribution in [-0.4, -0.2) is 51.6 Å². The minimum absolute atomic E-state index is 0.0265. The van der Waals surface area contributed by atoms with Gasteiger partial charge in [-0.2, -0.15) is 31.4 Å². The molecule has 1 heterocycles. The van der Waals surface area contributed by atoms with E-state index in [2.05, 4.69) is 10.4 Å². The average molecular weight is 601 g/mol. The number of carbonyl (C=O) groups is 3. The van der Waals surface area contributed by atoms with Crippen molar-refractivity contribution in [3.8, 4) is 5.69 Å². The predicted octanol–water partition coefficient (Wildman–Crippen LogP) is 5.16. The van der Waals surface area contributed by atoms with Crippen molar-refractivity contribution in [1.29, 1.82) is 0 Å². The number of anilines is 1. The number of hydrogen-bond acceptors (Lipinski definition) is 6. The molecule has 1 amide bonds. The minimum atomic E-state index is -5.08. The SMILES string of the molecule is CCOC(=O)c1cnn(-c2cccc(NC(=O)c3ccc4c(c3)CC(N)CCC4)c2)c1C(F)(F)F.O=C(O)C(F)(F)F. The summed E-state index contributed by atoms with van der Waals surface area (Å²) in [6, 6.07) is 11.3. The Kier molecular flexibility index (Phi) is 9.99. The van der Waals surface area contributed by atoms with Crippen molar-refractivity contribution in [3.63, 3.8) is 0 Å². The van der Waals surface area contributed by atoms with Crippen molar-refractivity contribution in [2.75, 3.05) is 11.9 Å². The smallest absolute Gasteiger partial charge is 0.475 e. The maximum atomic E-state index is 13.8. The van der Waals surface area contributed by atoms with E-state index in [4.69, 9.17) is 20.4 Å². The molecular formula is C27H26F6N4O5. The molecule has 1 atom stereocenters. The van der Waals surface area contributed by atoms with Gasteiger partial charge < -0.3 is 20.9 Å². The number of carboxylic acid groups (broad SMARTS) is 1. The van der Waals surface area contributed by atoms with E-state index in [0.717, 1.165) is 31.0 Å². The monoisotopic (exact) mass is 600 g/mol. The number of esters is 1. The molecule has 0 saturated carbocycles. The standard InChI is InChI=1S/C25H25F3N4O3.C2HF3O2/c1-2-35-24(34)21-14-30-32(22(21)25(26,27)28)20-8-4-7-19(13-20)31-23(33)16-10-9-15-5-3-6-18(29)12-17(15)11-16;3-2(4,5)1(6)7/h4,7-11,13-14,18H,2-3,5-6,12,29H2,1H3,(H,31,33);(H,6,7). The second kappa shape index (κ2) is 13.1. The Morgan fingerprint density at radius 3 is 2.40 bits per heavy atom. The summed E-state index contributed by atoms with van der Waals surface area (Å²) in [6.07, 6.45) is -5.60. The van der Waals surface area contributed by atoms with Gasteiger partial charge in [-0.25, -0.2) is 14.3 Å². The van der Waals surface area contributed by atoms with Gasteiger partial charge in [0.2, 0.25) is 0 Å². The first-order valence-electron chi connectivity index (χ1n) is 12.5. The number of carboxylic acids is 1. The highest BCUT2D eigenvalue weighted by molar-refractivity contribution is 6.04. The van der Waals surface area contributed by atoms with Crippen molar-refractivity contribution in [1.82, 2.24) is 9.78 Å². The van der Waals surface area contributed by atoms with E-state index in [9.17, 15) is 35.9 Å². The van der Waals surface area contributed by atoms with Crippen LogP contribution in [0.3, 0.4) is 0 Å². The molecule has 42 heavy (non-hydrogen) atoms. The van der Waals surface area contributed by atoms with Crippen molar-refractivity contribution in [3.05, 3.63) is 76.6 Å². The van der Waals surface area contributed by atoms with Gasteiger partial charge in [-0.15, -0.1) is 0 Å². The molecule has 0 aliphatic heterocycles. The Morgan fingerprint density at radius 2 is 1.79 bits per heavy atom. The molecule has 0 radical (unpaired) electrons. The Labute approximate surface area is 235 Å². The molecule has 1 aliphatic rings. The number of ether oxygens (including phenoxy) is 1. The maximum absolute atomic E-state index is 13.8. The van der Waals surface area contributed by atoms with Crippen LogP contribution < -0.4 is 11.1 Å². The largest absolute Gasteiger partial charge is 0.490 e. The number of nitrogens with zero attached hydrogens (tertiary/aromatic N) is 2. The van der Waals surface area contributed by atoms with Crippen molar-refractivity contribution < 1.29 is 50.6 Å². The molecule has 0 fully saturated rings. The van der Waals surface area contributed by atoms with Gasteiger partial charge in [0.25, 0.3) is 5.91 Å². The summed E-state index contributed by atoms with van der Waals surface area (Å²) in [6.45, 7) is 1.43. The highest BCUT2D eigenvalue weighted by Crippen LogP contribution is 2.34. The predicted molar refractivity (Wildman–Crippen MR) is 137 cm³/mol. The fraction of sp³-hybridized carbons (Fsp3) is 0.333. The van der Waals surface area contributed by atoms with E-state index in [0.29, 0.717) is 16.7 Å². The van der Waals surface area contributed by atoms with Crippen LogP contribution in [0.25, 0.3) is 5.69 Å². The molecule has 9 nitrogen and oxygen atoms in total. The van der Waals surface area contributed by atoms with Gasteiger partial charge >= 0.3 is 24.3 Å². The van der Waals surface area contributed by atoms with Crippen LogP contribution in [0.4, 0.5) is 32.0 Å². The zero-order chi connectivity index (χ0) is 31.2. The van der Waals surface area contributed by atoms with E-state index in [1.54, 1.807) is 12.1 Å². The van der Waals surface area contributed by atoms with E-state index in [-0.39, 0.29) is 24.0 Å². The van der Waals surface area contributed by atoms with Gasteiger partial charge in [-0.3, -0.25) is 4.79 Å². The Morgan fingerprint density at radius 1 is 1.10 bits per heavy atom. The third-order valence-electron chi connectivity index (χ3n) is 6.10. The van der Waals surface area contributed by atoms with Gasteiger partial charge in [0.1, 0.15) is 5.56 Å². The molecule has 0 bridgehead atoms. The number of carbonyl (C=O) groups excluding carboxylic acids is 2. The normalized spacial score (nSPS) is 15.0. The highest BCUT2D eigenvalue weighted by atomic mass is 19.4. The number of halogens is 6. The summed E-state index contributed by atoms with van der Waals surface area (Å²) >= 11 is 0. The molecule has 0 spiro atoms. The van der Waals surface area contributed by atoms with Crippen LogP contribution in [0.2, 0.25) is 0 Å². The van der Waals surface area contributed by atoms with E-state index >= 15 is 0 Å². The molecule has 3 aromatic rings. The number of aromatic nitrogens is 2. The number of benzene rings is 2. The molecule has 226 valence electrons. The van der Waals surface area contributed by atoms with Gasteiger partial charge in [-0.1, -0.05) is 12.1 Å². The summed E-state index contributed by atoms with van der Waals surface area (Å²) in [5.41, 5.74) is 7.15. The molecule has 4 N–H and O–H groups in total. The third-order valence-corrected chi connectivity index (χ3v) is 6.10. The lowest BCUT2D eigenvalue weighted by molar-refractivity contribution is -0.192. The third kappa shape index (κ3) is 8.09. The van der Waals surface area contributed by atoms with Crippen LogP contribution in [0.1, 0.15) is 57.3 Å². The summed E-state index contributed by atoms with van der Waals surface area (Å²) in [4.78, 5) is 33.8. The number of fused-ring (bicyclic) bond motifs is 1. The van der Waals surface area contributed by atoms with E-state index < -0.39 is 41.5 Å². The van der Waals surface area contributed by atoms with Crippen molar-refractivity contribution in [2.24, 2.45) is 5.73 Å². The summed E-state index contributed by atoms with van der Waals surface area (Å²) in [5.74, 6) is -4.27. The quantitative estimate of drug-likeness (QED) is 0.209. The maximum Gasteiger partial charge on any atom is 0.490 e. The van der Waals surface area contributed by atoms with Crippen LogP contribution in [0.15, 0.2) is 48.7 Å². The fourth-order valence-electron chi connectivity index (χ4n) is 4.23. The average Bonchev–Trinajstić information content (AvgIpc) is 3.27. The molecule has 1 aromatic heterocycles. The number of aryl methyl sites for hydroxylation is 1. The van der Waals surface area contributed by atoms with Crippen LogP contribution in [0, 0.1) is 0 Å². The lowest BCUT2D eigenvalue weighted by atomic mass is 9.99. The zero-order valence-corrected chi connectivity index (χ0v) is 22.1. The molecule has 15 heteroatoms. The lowest BCUT2D eigenvalue weighted by Crippen LogP contribution is -2.21. The van der Waals surface area contributed by atoms with Crippen LogP contribution in [-0.2, 0) is 28.5 Å². The molecule has 1 aliphatic carbocycles. The summed E-state index contributed by atoms with van der Waals surface area (Å²) in [5, 5.41) is 13.6. The first-order valence-corrected chi connectivity index (χ1v) is 12.5. The van der Waals surface area contributed by atoms with E-state index in [1.807, 2.05) is 12.1 Å². The second-order valence-electron chi connectivity index (χ2n) is 9.18. The number of rotatable bonds is 5. The number of amides is 1. The molecule has 0 saturated heterocycles. The first kappa shape index (κ1) is 32.1. The van der Waals surface area contributed by atoms with E-state index in [1.165, 1.54) is 30.7 Å². The zero-order valence-electron chi connectivity index (χ0n) is 22.1. The number of aliphatic carboxylic acids is 1. The van der Waals surface area contributed by atoms with Crippen molar-refractivity contribution >= 4 is 23.5 Å². The molecule has 2 aromatic carbocycles. The summed E-state index contributed by atoms with van der Waals surface area (Å²) in [7, 11) is 0. The van der Waals surface area contributed by atoms with Crippen molar-refractivity contribution in [2.45, 2.75) is 51.0 Å². The minimum Gasteiger partial charge on any atom is -0.475 e. The topological polar surface area (TPSA) is 137 Å². The van der Waals surface area contributed by atoms with Crippen LogP contribution in [0.5, 0.6) is 0 Å².